The van der Waals surface area contributed by atoms with Gasteiger partial charge in [-0.3, -0.25) is 0 Å². The van der Waals surface area contributed by atoms with Crippen molar-refractivity contribution >= 4 is 22.4 Å². The summed E-state index contributed by atoms with van der Waals surface area (Å²) in [5.41, 5.74) is 2.99. The third-order valence-electron chi connectivity index (χ3n) is 5.00. The normalized spacial score (nSPS) is 13.7. The topological polar surface area (TPSA) is 70.8 Å². The van der Waals surface area contributed by atoms with Gasteiger partial charge < -0.3 is 14.4 Å². The second-order valence-electron chi connectivity index (χ2n) is 6.47. The van der Waals surface area contributed by atoms with Gasteiger partial charge in [0.15, 0.2) is 0 Å². The van der Waals surface area contributed by atoms with Gasteiger partial charge in [0.05, 0.1) is 5.39 Å². The number of fused-ring (bicyclic) bond motifs is 2. The summed E-state index contributed by atoms with van der Waals surface area (Å²) in [6.07, 6.45) is 2.03. The Morgan fingerprint density at radius 3 is 2.69 bits per heavy atom. The van der Waals surface area contributed by atoms with Crippen molar-refractivity contribution < 1.29 is 14.3 Å². The Morgan fingerprint density at radius 2 is 1.96 bits per heavy atom. The molecule has 1 aliphatic rings. The van der Waals surface area contributed by atoms with Gasteiger partial charge >= 0.3 is 11.6 Å². The summed E-state index contributed by atoms with van der Waals surface area (Å²) in [7, 11) is 0. The average Bonchev–Trinajstić information content (AvgIpc) is 2.67. The molecular weight excluding hydrogens is 330 g/mol. The van der Waals surface area contributed by atoms with E-state index in [1.54, 1.807) is 24.3 Å². The maximum atomic E-state index is 12.2. The zero-order valence-electron chi connectivity index (χ0n) is 14.5. The quantitative estimate of drug-likeness (QED) is 0.776. The van der Waals surface area contributed by atoms with E-state index < -0.39 is 11.6 Å². The van der Waals surface area contributed by atoms with Crippen LogP contribution in [0.1, 0.15) is 29.5 Å². The van der Waals surface area contributed by atoms with Crippen LogP contribution in [0.3, 0.4) is 0 Å². The smallest absolute Gasteiger partial charge is 0.372 e. The Balaban J connectivity index is 2.00. The van der Waals surface area contributed by atoms with Gasteiger partial charge in [0.25, 0.3) is 0 Å². The SMILES string of the molecule is CCN1CCCc2cc(-c3c(C(=O)O)oc(=O)c4ccccc34)ccc21. The van der Waals surface area contributed by atoms with Crippen molar-refractivity contribution in [3.05, 3.63) is 64.2 Å². The monoisotopic (exact) mass is 349 g/mol. The predicted octanol–water partition coefficient (Wildman–Crippen LogP) is 3.93. The molecule has 5 heteroatoms. The maximum Gasteiger partial charge on any atom is 0.372 e. The highest BCUT2D eigenvalue weighted by Gasteiger charge is 2.22. The summed E-state index contributed by atoms with van der Waals surface area (Å²) in [5, 5.41) is 10.6. The lowest BCUT2D eigenvalue weighted by Gasteiger charge is -2.30. The van der Waals surface area contributed by atoms with E-state index in [2.05, 4.69) is 11.8 Å². The largest absolute Gasteiger partial charge is 0.475 e. The summed E-state index contributed by atoms with van der Waals surface area (Å²) in [5.74, 6) is -1.55. The van der Waals surface area contributed by atoms with Crippen molar-refractivity contribution in [3.63, 3.8) is 0 Å². The molecule has 0 saturated heterocycles. The molecule has 0 saturated carbocycles. The molecule has 26 heavy (non-hydrogen) atoms. The number of hydrogen-bond acceptors (Lipinski definition) is 4. The number of aryl methyl sites for hydroxylation is 1. The van der Waals surface area contributed by atoms with Crippen LogP contribution in [-0.4, -0.2) is 24.2 Å². The van der Waals surface area contributed by atoms with E-state index in [4.69, 9.17) is 4.42 Å². The van der Waals surface area contributed by atoms with Gasteiger partial charge in [-0.05, 0) is 49.1 Å². The van der Waals surface area contributed by atoms with Crippen LogP contribution in [0.4, 0.5) is 5.69 Å². The van der Waals surface area contributed by atoms with Crippen molar-refractivity contribution in [2.24, 2.45) is 0 Å². The minimum Gasteiger partial charge on any atom is -0.475 e. The van der Waals surface area contributed by atoms with Crippen LogP contribution in [-0.2, 0) is 6.42 Å². The van der Waals surface area contributed by atoms with Gasteiger partial charge in [0, 0.05) is 29.7 Å². The van der Waals surface area contributed by atoms with E-state index in [0.29, 0.717) is 16.3 Å². The molecule has 0 fully saturated rings. The number of carboxylic acid groups (broad SMARTS) is 1. The van der Waals surface area contributed by atoms with Gasteiger partial charge in [-0.25, -0.2) is 9.59 Å². The highest BCUT2D eigenvalue weighted by Crippen LogP contribution is 2.35. The number of anilines is 1. The Kier molecular flexibility index (Phi) is 3.99. The average molecular weight is 349 g/mol. The van der Waals surface area contributed by atoms with Crippen LogP contribution in [0.2, 0.25) is 0 Å². The third kappa shape index (κ3) is 2.56. The fourth-order valence-corrected chi connectivity index (χ4v) is 3.80. The number of benzene rings is 2. The molecule has 0 aliphatic carbocycles. The second-order valence-corrected chi connectivity index (χ2v) is 6.47. The first-order valence-electron chi connectivity index (χ1n) is 8.77. The van der Waals surface area contributed by atoms with E-state index in [0.717, 1.165) is 31.5 Å². The molecule has 0 atom stereocenters. The molecule has 0 radical (unpaired) electrons. The Hall–Kier alpha value is -3.08. The lowest BCUT2D eigenvalue weighted by molar-refractivity contribution is 0.0659. The zero-order valence-corrected chi connectivity index (χ0v) is 14.5. The minimum absolute atomic E-state index is 0.309. The molecule has 132 valence electrons. The molecule has 1 N–H and O–H groups in total. The van der Waals surface area contributed by atoms with E-state index in [1.165, 1.54) is 11.3 Å². The molecule has 0 spiro atoms. The van der Waals surface area contributed by atoms with E-state index in [-0.39, 0.29) is 5.76 Å². The summed E-state index contributed by atoms with van der Waals surface area (Å²) < 4.78 is 5.16. The molecule has 2 heterocycles. The van der Waals surface area contributed by atoms with Crippen LogP contribution in [0.25, 0.3) is 21.9 Å². The zero-order chi connectivity index (χ0) is 18.3. The van der Waals surface area contributed by atoms with E-state index >= 15 is 0 Å². The first-order valence-corrected chi connectivity index (χ1v) is 8.77. The fourth-order valence-electron chi connectivity index (χ4n) is 3.80. The minimum atomic E-state index is -1.24. The first kappa shape index (κ1) is 16.4. The number of rotatable bonds is 3. The number of nitrogens with zero attached hydrogens (tertiary/aromatic N) is 1. The van der Waals surface area contributed by atoms with Gasteiger partial charge in [-0.2, -0.15) is 0 Å². The number of carboxylic acids is 1. The number of aromatic carboxylic acids is 1. The van der Waals surface area contributed by atoms with Crippen LogP contribution >= 0.6 is 0 Å². The fraction of sp³-hybridized carbons (Fsp3) is 0.238. The molecule has 1 aliphatic heterocycles. The molecule has 3 aromatic rings. The summed E-state index contributed by atoms with van der Waals surface area (Å²) in [6.45, 7) is 4.10. The molecule has 5 nitrogen and oxygen atoms in total. The van der Waals surface area contributed by atoms with Gasteiger partial charge in [-0.1, -0.05) is 24.3 Å². The summed E-state index contributed by atoms with van der Waals surface area (Å²) in [4.78, 5) is 26.2. The van der Waals surface area contributed by atoms with Crippen LogP contribution in [0, 0.1) is 0 Å². The molecule has 0 amide bonds. The number of hydrogen-bond donors (Lipinski definition) is 1. The standard InChI is InChI=1S/C21H19NO4/c1-2-22-11-5-6-13-12-14(9-10-17(13)22)18-15-7-3-4-8-16(15)21(25)26-19(18)20(23)24/h3-4,7-10,12H,2,5-6,11H2,1H3,(H,23,24). The summed E-state index contributed by atoms with van der Waals surface area (Å²) >= 11 is 0. The highest BCUT2D eigenvalue weighted by atomic mass is 16.4. The van der Waals surface area contributed by atoms with Crippen molar-refractivity contribution in [2.75, 3.05) is 18.0 Å². The van der Waals surface area contributed by atoms with Gasteiger partial charge in [-0.15, -0.1) is 0 Å². The molecular formula is C21H19NO4. The van der Waals surface area contributed by atoms with Crippen molar-refractivity contribution in [3.8, 4) is 11.1 Å². The third-order valence-corrected chi connectivity index (χ3v) is 5.00. The van der Waals surface area contributed by atoms with Crippen LogP contribution in [0.5, 0.6) is 0 Å². The molecule has 2 aromatic carbocycles. The molecule has 4 rings (SSSR count). The first-order chi connectivity index (χ1) is 12.6. The lowest BCUT2D eigenvalue weighted by Crippen LogP contribution is -2.28. The van der Waals surface area contributed by atoms with Gasteiger partial charge in [0.2, 0.25) is 5.76 Å². The second kappa shape index (κ2) is 6.33. The summed E-state index contributed by atoms with van der Waals surface area (Å²) in [6, 6.07) is 13.0. The number of carbonyl (C=O) groups is 1. The maximum absolute atomic E-state index is 12.2. The predicted molar refractivity (Wildman–Crippen MR) is 101 cm³/mol. The van der Waals surface area contributed by atoms with Gasteiger partial charge in [0.1, 0.15) is 0 Å². The highest BCUT2D eigenvalue weighted by molar-refractivity contribution is 6.05. The van der Waals surface area contributed by atoms with E-state index in [9.17, 15) is 14.7 Å². The van der Waals surface area contributed by atoms with Crippen molar-refractivity contribution in [2.45, 2.75) is 19.8 Å². The molecule has 0 bridgehead atoms. The Morgan fingerprint density at radius 1 is 1.19 bits per heavy atom. The lowest BCUT2D eigenvalue weighted by atomic mass is 9.93. The van der Waals surface area contributed by atoms with Crippen LogP contribution in [0.15, 0.2) is 51.7 Å². The Labute approximate surface area is 150 Å². The van der Waals surface area contributed by atoms with Crippen molar-refractivity contribution in [1.82, 2.24) is 0 Å². The molecule has 0 unspecified atom stereocenters. The van der Waals surface area contributed by atoms with Crippen molar-refractivity contribution in [1.29, 1.82) is 0 Å². The van der Waals surface area contributed by atoms with Crippen LogP contribution < -0.4 is 10.5 Å². The Bertz CT molecular complexity index is 1070. The van der Waals surface area contributed by atoms with E-state index in [1.807, 2.05) is 18.2 Å². The molecule has 1 aromatic heterocycles.